The second kappa shape index (κ2) is 7.81. The zero-order chi connectivity index (χ0) is 16.9. The fourth-order valence-electron chi connectivity index (χ4n) is 3.01. The van der Waals surface area contributed by atoms with Crippen LogP contribution in [0.5, 0.6) is 5.75 Å². The topological polar surface area (TPSA) is 41.6 Å². The molecule has 0 spiro atoms. The highest BCUT2D eigenvalue weighted by atomic mass is 32.1. The predicted octanol–water partition coefficient (Wildman–Crippen LogP) is 3.13. The molecule has 1 amide bonds. The van der Waals surface area contributed by atoms with Gasteiger partial charge in [-0.05, 0) is 60.5 Å². The summed E-state index contributed by atoms with van der Waals surface area (Å²) in [7, 11) is 0. The molecule has 2 aromatic rings. The molecule has 5 heteroatoms. The fraction of sp³-hybridized carbons (Fsp3) is 0.421. The number of hydrogen-bond donors (Lipinski definition) is 1. The van der Waals surface area contributed by atoms with Gasteiger partial charge in [0.15, 0.2) is 0 Å². The lowest BCUT2D eigenvalue weighted by Gasteiger charge is -2.28. The van der Waals surface area contributed by atoms with Crippen molar-refractivity contribution in [2.75, 3.05) is 19.7 Å². The number of rotatable bonds is 6. The van der Waals surface area contributed by atoms with Gasteiger partial charge in [0.1, 0.15) is 5.75 Å². The van der Waals surface area contributed by atoms with Crippen LogP contribution in [0.4, 0.5) is 0 Å². The van der Waals surface area contributed by atoms with Crippen molar-refractivity contribution in [1.29, 1.82) is 0 Å². The Kier molecular flexibility index (Phi) is 5.53. The molecule has 1 aliphatic heterocycles. The Labute approximate surface area is 147 Å². The summed E-state index contributed by atoms with van der Waals surface area (Å²) in [6, 6.07) is 8.38. The number of ether oxygens (including phenoxy) is 1. The van der Waals surface area contributed by atoms with Gasteiger partial charge in [0.05, 0.1) is 19.7 Å². The Morgan fingerprint density at radius 2 is 2.21 bits per heavy atom. The SMILES string of the molecule is CCOc1ccc2c(c1)CN(CC(=O)NCc1sccc1C)CC2. The summed E-state index contributed by atoms with van der Waals surface area (Å²) >= 11 is 1.69. The molecular weight excluding hydrogens is 320 g/mol. The van der Waals surface area contributed by atoms with E-state index in [0.29, 0.717) is 19.7 Å². The molecule has 1 aliphatic rings. The van der Waals surface area contributed by atoms with Crippen molar-refractivity contribution in [3.8, 4) is 5.75 Å². The number of carbonyl (C=O) groups is 1. The second-order valence-corrected chi connectivity index (χ2v) is 7.13. The van der Waals surface area contributed by atoms with Crippen LogP contribution in [0, 0.1) is 6.92 Å². The zero-order valence-corrected chi connectivity index (χ0v) is 15.1. The van der Waals surface area contributed by atoms with Gasteiger partial charge in [0.2, 0.25) is 5.91 Å². The number of nitrogens with one attached hydrogen (secondary N) is 1. The first-order valence-corrected chi connectivity index (χ1v) is 9.30. The van der Waals surface area contributed by atoms with E-state index < -0.39 is 0 Å². The molecule has 1 aromatic heterocycles. The minimum atomic E-state index is 0.0900. The molecule has 0 atom stereocenters. The summed E-state index contributed by atoms with van der Waals surface area (Å²) in [4.78, 5) is 15.7. The van der Waals surface area contributed by atoms with Gasteiger partial charge < -0.3 is 10.1 Å². The maximum absolute atomic E-state index is 12.2. The first-order valence-electron chi connectivity index (χ1n) is 8.42. The van der Waals surface area contributed by atoms with Crippen LogP contribution >= 0.6 is 11.3 Å². The van der Waals surface area contributed by atoms with Gasteiger partial charge in [-0.2, -0.15) is 0 Å². The average molecular weight is 344 g/mol. The molecule has 0 radical (unpaired) electrons. The monoisotopic (exact) mass is 344 g/mol. The zero-order valence-electron chi connectivity index (χ0n) is 14.3. The molecule has 0 aliphatic carbocycles. The number of carbonyl (C=O) groups excluding carboxylic acids is 1. The summed E-state index contributed by atoms with van der Waals surface area (Å²) in [6.45, 7) is 7.55. The van der Waals surface area contributed by atoms with Crippen molar-refractivity contribution in [1.82, 2.24) is 10.2 Å². The Morgan fingerprint density at radius 3 is 2.96 bits per heavy atom. The Morgan fingerprint density at radius 1 is 1.33 bits per heavy atom. The van der Waals surface area contributed by atoms with E-state index in [1.54, 1.807) is 11.3 Å². The number of amides is 1. The van der Waals surface area contributed by atoms with Crippen LogP contribution in [0.2, 0.25) is 0 Å². The van der Waals surface area contributed by atoms with E-state index in [0.717, 1.165) is 25.3 Å². The molecule has 4 nitrogen and oxygen atoms in total. The van der Waals surface area contributed by atoms with Gasteiger partial charge in [0.25, 0.3) is 0 Å². The summed E-state index contributed by atoms with van der Waals surface area (Å²) in [5, 5.41) is 5.10. The molecule has 0 saturated heterocycles. The molecule has 0 fully saturated rings. The minimum absolute atomic E-state index is 0.0900. The third-order valence-corrected chi connectivity index (χ3v) is 5.38. The molecule has 0 unspecified atom stereocenters. The Hall–Kier alpha value is -1.85. The summed E-state index contributed by atoms with van der Waals surface area (Å²) in [6.07, 6.45) is 0.985. The summed E-state index contributed by atoms with van der Waals surface area (Å²) in [5.74, 6) is 1.00. The molecule has 3 rings (SSSR count). The van der Waals surface area contributed by atoms with Crippen LogP contribution in [0.25, 0.3) is 0 Å². The number of hydrogen-bond acceptors (Lipinski definition) is 4. The molecule has 1 aromatic carbocycles. The highest BCUT2D eigenvalue weighted by molar-refractivity contribution is 7.10. The molecular formula is C19H24N2O2S. The third kappa shape index (κ3) is 4.16. The van der Waals surface area contributed by atoms with E-state index in [4.69, 9.17) is 4.74 Å². The fourth-order valence-corrected chi connectivity index (χ4v) is 3.85. The van der Waals surface area contributed by atoms with Crippen molar-refractivity contribution in [3.05, 3.63) is 51.2 Å². The standard InChI is InChI=1S/C19H24N2O2S/c1-3-23-17-5-4-15-6-8-21(12-16(15)10-17)13-19(22)20-11-18-14(2)7-9-24-18/h4-5,7,9-10H,3,6,8,11-13H2,1-2H3,(H,20,22). The maximum atomic E-state index is 12.2. The van der Waals surface area contributed by atoms with Crippen molar-refractivity contribution >= 4 is 17.2 Å². The molecule has 0 saturated carbocycles. The number of thiophene rings is 1. The van der Waals surface area contributed by atoms with E-state index in [2.05, 4.69) is 40.7 Å². The van der Waals surface area contributed by atoms with Gasteiger partial charge in [-0.15, -0.1) is 11.3 Å². The van der Waals surface area contributed by atoms with Crippen LogP contribution in [0.1, 0.15) is 28.5 Å². The normalized spacial score (nSPS) is 14.2. The molecule has 1 N–H and O–H groups in total. The molecule has 24 heavy (non-hydrogen) atoms. The van der Waals surface area contributed by atoms with Crippen LogP contribution in [0.15, 0.2) is 29.6 Å². The van der Waals surface area contributed by atoms with Gasteiger partial charge in [-0.3, -0.25) is 9.69 Å². The van der Waals surface area contributed by atoms with E-state index in [9.17, 15) is 4.79 Å². The Bertz CT molecular complexity index is 711. The lowest BCUT2D eigenvalue weighted by molar-refractivity contribution is -0.122. The van der Waals surface area contributed by atoms with Crippen molar-refractivity contribution < 1.29 is 9.53 Å². The predicted molar refractivity (Wildman–Crippen MR) is 97.5 cm³/mol. The van der Waals surface area contributed by atoms with Gasteiger partial charge in [-0.1, -0.05) is 6.07 Å². The minimum Gasteiger partial charge on any atom is -0.494 e. The van der Waals surface area contributed by atoms with Gasteiger partial charge in [-0.25, -0.2) is 0 Å². The van der Waals surface area contributed by atoms with E-state index in [1.165, 1.54) is 21.6 Å². The van der Waals surface area contributed by atoms with Crippen LogP contribution in [0.3, 0.4) is 0 Å². The van der Waals surface area contributed by atoms with Gasteiger partial charge in [0, 0.05) is 18.0 Å². The largest absolute Gasteiger partial charge is 0.494 e. The number of fused-ring (bicyclic) bond motifs is 1. The lowest BCUT2D eigenvalue weighted by atomic mass is 9.99. The lowest BCUT2D eigenvalue weighted by Crippen LogP contribution is -2.39. The van der Waals surface area contributed by atoms with Crippen molar-refractivity contribution in [2.45, 2.75) is 33.4 Å². The van der Waals surface area contributed by atoms with Crippen LogP contribution in [-0.2, 0) is 24.3 Å². The first-order chi connectivity index (χ1) is 11.7. The number of nitrogens with zero attached hydrogens (tertiary/aromatic N) is 1. The summed E-state index contributed by atoms with van der Waals surface area (Å²) < 4.78 is 5.58. The highest BCUT2D eigenvalue weighted by Gasteiger charge is 2.19. The quantitative estimate of drug-likeness (QED) is 0.875. The van der Waals surface area contributed by atoms with Crippen molar-refractivity contribution in [3.63, 3.8) is 0 Å². The van der Waals surface area contributed by atoms with Crippen molar-refractivity contribution in [2.24, 2.45) is 0 Å². The molecule has 2 heterocycles. The van der Waals surface area contributed by atoms with E-state index in [-0.39, 0.29) is 5.91 Å². The third-order valence-electron chi connectivity index (χ3n) is 4.36. The number of aryl methyl sites for hydroxylation is 1. The van der Waals surface area contributed by atoms with Crippen LogP contribution in [-0.4, -0.2) is 30.5 Å². The van der Waals surface area contributed by atoms with Gasteiger partial charge >= 0.3 is 0 Å². The highest BCUT2D eigenvalue weighted by Crippen LogP contribution is 2.23. The number of benzene rings is 1. The van der Waals surface area contributed by atoms with E-state index in [1.807, 2.05) is 13.0 Å². The molecule has 0 bridgehead atoms. The average Bonchev–Trinajstić information content (AvgIpc) is 2.98. The summed E-state index contributed by atoms with van der Waals surface area (Å²) in [5.41, 5.74) is 3.88. The smallest absolute Gasteiger partial charge is 0.234 e. The molecule has 128 valence electrons. The van der Waals surface area contributed by atoms with Crippen LogP contribution < -0.4 is 10.1 Å². The second-order valence-electron chi connectivity index (χ2n) is 6.13. The Balaban J connectivity index is 1.54. The first kappa shape index (κ1) is 17.0. The maximum Gasteiger partial charge on any atom is 0.234 e. The van der Waals surface area contributed by atoms with E-state index >= 15 is 0 Å².